The van der Waals surface area contributed by atoms with E-state index in [9.17, 15) is 18.0 Å². The van der Waals surface area contributed by atoms with E-state index in [1.165, 1.54) is 0 Å². The van der Waals surface area contributed by atoms with Crippen molar-refractivity contribution in [3.05, 3.63) is 35.9 Å². The highest BCUT2D eigenvalue weighted by atomic mass is 32.2. The van der Waals surface area contributed by atoms with Crippen molar-refractivity contribution in [1.82, 2.24) is 0 Å². The largest absolute Gasteiger partial charge is 0.282 e. The lowest BCUT2D eigenvalue weighted by atomic mass is 10.2. The molecule has 0 amide bonds. The number of hydrogen-bond donors (Lipinski definition) is 0. The van der Waals surface area contributed by atoms with Crippen molar-refractivity contribution >= 4 is 16.9 Å². The van der Waals surface area contributed by atoms with Crippen LogP contribution in [0, 0.1) is 0 Å². The molecule has 0 heterocycles. The van der Waals surface area contributed by atoms with Gasteiger partial charge < -0.3 is 0 Å². The van der Waals surface area contributed by atoms with E-state index < -0.39 is 19.0 Å². The third kappa shape index (κ3) is 6.10. The number of hydrogen-bond acceptors (Lipinski definition) is 2. The predicted octanol–water partition coefficient (Wildman–Crippen LogP) is 4.33. The Morgan fingerprint density at radius 1 is 1.17 bits per heavy atom. The minimum absolute atomic E-state index is 0.0696. The SMILES string of the molecule is O=C(SCCCC(F)CC(F)F)c1ccccc1. The van der Waals surface area contributed by atoms with E-state index in [0.29, 0.717) is 17.7 Å². The zero-order valence-electron chi connectivity index (χ0n) is 9.82. The molecular weight excluding hydrogens is 261 g/mol. The first-order valence-corrected chi connectivity index (χ1v) is 6.72. The van der Waals surface area contributed by atoms with Crippen molar-refractivity contribution in [3.8, 4) is 0 Å². The topological polar surface area (TPSA) is 17.1 Å². The molecule has 0 aliphatic heterocycles. The van der Waals surface area contributed by atoms with Crippen LogP contribution in [0.3, 0.4) is 0 Å². The fourth-order valence-electron chi connectivity index (χ4n) is 1.44. The van der Waals surface area contributed by atoms with E-state index in [1.807, 2.05) is 6.07 Å². The number of thioether (sulfide) groups is 1. The van der Waals surface area contributed by atoms with Crippen LogP contribution in [0.1, 0.15) is 29.6 Å². The molecule has 0 aromatic heterocycles. The molecule has 0 fully saturated rings. The highest BCUT2D eigenvalue weighted by Gasteiger charge is 2.14. The van der Waals surface area contributed by atoms with Gasteiger partial charge >= 0.3 is 0 Å². The lowest BCUT2D eigenvalue weighted by Crippen LogP contribution is -2.07. The van der Waals surface area contributed by atoms with E-state index in [2.05, 4.69) is 0 Å². The standard InChI is InChI=1S/C13H15F3OS/c14-11(9-12(15)16)7-4-8-18-13(17)10-5-2-1-3-6-10/h1-3,5-6,11-12H,4,7-9H2. The van der Waals surface area contributed by atoms with Crippen LogP contribution in [-0.4, -0.2) is 23.5 Å². The summed E-state index contributed by atoms with van der Waals surface area (Å²) in [4.78, 5) is 11.6. The number of alkyl halides is 3. The van der Waals surface area contributed by atoms with Gasteiger partial charge in [0.15, 0.2) is 0 Å². The number of carbonyl (C=O) groups excluding carboxylic acids is 1. The molecule has 0 saturated carbocycles. The normalized spacial score (nSPS) is 12.7. The van der Waals surface area contributed by atoms with Crippen LogP contribution in [0.2, 0.25) is 0 Å². The van der Waals surface area contributed by atoms with Crippen molar-refractivity contribution < 1.29 is 18.0 Å². The Hall–Kier alpha value is -0.970. The number of benzene rings is 1. The van der Waals surface area contributed by atoms with Crippen LogP contribution in [0.15, 0.2) is 30.3 Å². The Kier molecular flexibility index (Phi) is 6.86. The van der Waals surface area contributed by atoms with Gasteiger partial charge in [0.05, 0.1) is 0 Å². The van der Waals surface area contributed by atoms with Crippen molar-refractivity contribution in [3.63, 3.8) is 0 Å². The highest BCUT2D eigenvalue weighted by Crippen LogP contribution is 2.17. The molecular formula is C13H15F3OS. The van der Waals surface area contributed by atoms with Gasteiger partial charge in [-0.15, -0.1) is 0 Å². The zero-order chi connectivity index (χ0) is 13.4. The summed E-state index contributed by atoms with van der Waals surface area (Å²) in [6, 6.07) is 8.79. The summed E-state index contributed by atoms with van der Waals surface area (Å²) in [6.07, 6.45) is -4.27. The van der Waals surface area contributed by atoms with Crippen LogP contribution in [0.4, 0.5) is 13.2 Å². The quantitative estimate of drug-likeness (QED) is 0.689. The van der Waals surface area contributed by atoms with E-state index in [4.69, 9.17) is 0 Å². The monoisotopic (exact) mass is 276 g/mol. The molecule has 0 radical (unpaired) electrons. The molecule has 1 rings (SSSR count). The van der Waals surface area contributed by atoms with Gasteiger partial charge in [-0.1, -0.05) is 42.1 Å². The maximum atomic E-state index is 12.9. The van der Waals surface area contributed by atoms with Crippen LogP contribution < -0.4 is 0 Å². The number of halogens is 3. The fraction of sp³-hybridized carbons (Fsp3) is 0.462. The van der Waals surface area contributed by atoms with Gasteiger partial charge in [0.2, 0.25) is 11.5 Å². The summed E-state index contributed by atoms with van der Waals surface area (Å²) >= 11 is 1.10. The minimum atomic E-state index is -2.60. The average Bonchev–Trinajstić information content (AvgIpc) is 2.34. The molecule has 0 spiro atoms. The van der Waals surface area contributed by atoms with Crippen LogP contribution >= 0.6 is 11.8 Å². The third-order valence-electron chi connectivity index (χ3n) is 2.34. The molecule has 1 unspecified atom stereocenters. The summed E-state index contributed by atoms with van der Waals surface area (Å²) in [5.74, 6) is 0.456. The Bertz CT molecular complexity index is 357. The van der Waals surface area contributed by atoms with Gasteiger partial charge in [-0.25, -0.2) is 13.2 Å². The summed E-state index contributed by atoms with van der Waals surface area (Å²) < 4.78 is 36.6. The van der Waals surface area contributed by atoms with Crippen molar-refractivity contribution in [2.24, 2.45) is 0 Å². The number of carbonyl (C=O) groups is 1. The lowest BCUT2D eigenvalue weighted by Gasteiger charge is -2.06. The number of rotatable bonds is 7. The van der Waals surface area contributed by atoms with Crippen molar-refractivity contribution in [2.45, 2.75) is 31.9 Å². The minimum Gasteiger partial charge on any atom is -0.282 e. The Morgan fingerprint density at radius 2 is 1.83 bits per heavy atom. The third-order valence-corrected chi connectivity index (χ3v) is 3.33. The summed E-state index contributed by atoms with van der Waals surface area (Å²) in [5.41, 5.74) is 0.604. The van der Waals surface area contributed by atoms with Crippen LogP contribution in [-0.2, 0) is 0 Å². The highest BCUT2D eigenvalue weighted by molar-refractivity contribution is 8.14. The summed E-state index contributed by atoms with van der Waals surface area (Å²) in [6.45, 7) is 0. The first kappa shape index (κ1) is 15.1. The zero-order valence-corrected chi connectivity index (χ0v) is 10.6. The molecule has 1 nitrogen and oxygen atoms in total. The molecule has 1 aromatic rings. The molecule has 0 saturated heterocycles. The Balaban J connectivity index is 2.17. The van der Waals surface area contributed by atoms with Crippen LogP contribution in [0.5, 0.6) is 0 Å². The van der Waals surface area contributed by atoms with Crippen LogP contribution in [0.25, 0.3) is 0 Å². The first-order chi connectivity index (χ1) is 8.59. The molecule has 0 aliphatic carbocycles. The van der Waals surface area contributed by atoms with E-state index in [-0.39, 0.29) is 11.5 Å². The lowest BCUT2D eigenvalue weighted by molar-refractivity contribution is 0.0972. The first-order valence-electron chi connectivity index (χ1n) is 5.74. The van der Waals surface area contributed by atoms with Gasteiger partial charge in [0, 0.05) is 17.7 Å². The van der Waals surface area contributed by atoms with Crippen molar-refractivity contribution in [2.75, 3.05) is 5.75 Å². The van der Waals surface area contributed by atoms with Gasteiger partial charge in [-0.2, -0.15) is 0 Å². The van der Waals surface area contributed by atoms with Crippen molar-refractivity contribution in [1.29, 1.82) is 0 Å². The fourth-order valence-corrected chi connectivity index (χ4v) is 2.24. The molecule has 1 aromatic carbocycles. The van der Waals surface area contributed by atoms with Gasteiger partial charge in [-0.05, 0) is 12.8 Å². The molecule has 18 heavy (non-hydrogen) atoms. The van der Waals surface area contributed by atoms with Gasteiger partial charge in [0.1, 0.15) is 6.17 Å². The average molecular weight is 276 g/mol. The van der Waals surface area contributed by atoms with E-state index in [1.54, 1.807) is 24.3 Å². The summed E-state index contributed by atoms with van der Waals surface area (Å²) in [5, 5.41) is -0.0696. The second kappa shape index (κ2) is 8.19. The predicted molar refractivity (Wildman–Crippen MR) is 68.0 cm³/mol. The molecule has 1 atom stereocenters. The second-order valence-electron chi connectivity index (χ2n) is 3.87. The van der Waals surface area contributed by atoms with E-state index in [0.717, 1.165) is 11.8 Å². The molecule has 0 N–H and O–H groups in total. The maximum Gasteiger partial charge on any atom is 0.241 e. The maximum absolute atomic E-state index is 12.9. The smallest absolute Gasteiger partial charge is 0.241 e. The molecule has 0 aliphatic rings. The second-order valence-corrected chi connectivity index (χ2v) is 4.94. The Labute approximate surface area is 109 Å². The van der Waals surface area contributed by atoms with Gasteiger partial charge in [0.25, 0.3) is 0 Å². The van der Waals surface area contributed by atoms with E-state index >= 15 is 0 Å². The van der Waals surface area contributed by atoms with Gasteiger partial charge in [-0.3, -0.25) is 4.79 Å². The molecule has 0 bridgehead atoms. The summed E-state index contributed by atoms with van der Waals surface area (Å²) in [7, 11) is 0. The molecule has 100 valence electrons. The molecule has 5 heteroatoms. The Morgan fingerprint density at radius 3 is 2.44 bits per heavy atom.